The van der Waals surface area contributed by atoms with E-state index in [1.165, 1.54) is 244 Å². The molecule has 5 heteroatoms. The topological polar surface area (TPSA) is 61.8 Å². The minimum Gasteiger partial charge on any atom is -0.462 e. The molecular formula is C59H112O5. The fraction of sp³-hybridized carbons (Fsp3) is 0.898. The van der Waals surface area contributed by atoms with Crippen LogP contribution >= 0.6 is 0 Å². The van der Waals surface area contributed by atoms with E-state index in [2.05, 4.69) is 45.1 Å². The molecular weight excluding hydrogens is 789 g/mol. The van der Waals surface area contributed by atoms with Crippen molar-refractivity contribution in [3.63, 3.8) is 0 Å². The van der Waals surface area contributed by atoms with Crippen molar-refractivity contribution in [3.8, 4) is 0 Å². The molecule has 0 saturated heterocycles. The molecule has 0 spiro atoms. The van der Waals surface area contributed by atoms with Gasteiger partial charge in [0.1, 0.15) is 6.61 Å². The molecule has 64 heavy (non-hydrogen) atoms. The van der Waals surface area contributed by atoms with Crippen LogP contribution in [0, 0.1) is 0 Å². The van der Waals surface area contributed by atoms with E-state index in [1.54, 1.807) is 0 Å². The third kappa shape index (κ3) is 53.0. The number of hydrogen-bond acceptors (Lipinski definition) is 5. The van der Waals surface area contributed by atoms with Crippen LogP contribution in [0.25, 0.3) is 0 Å². The molecule has 0 aromatic rings. The van der Waals surface area contributed by atoms with Crippen molar-refractivity contribution in [1.82, 2.24) is 0 Å². The lowest BCUT2D eigenvalue weighted by Crippen LogP contribution is -2.30. The summed E-state index contributed by atoms with van der Waals surface area (Å²) in [4.78, 5) is 25.5. The Morgan fingerprint density at radius 2 is 0.656 bits per heavy atom. The Labute approximate surface area is 400 Å². The van der Waals surface area contributed by atoms with Crippen LogP contribution in [0.15, 0.2) is 24.3 Å². The van der Waals surface area contributed by atoms with Crippen molar-refractivity contribution in [3.05, 3.63) is 24.3 Å². The minimum atomic E-state index is -0.530. The number of carbonyl (C=O) groups is 2. The molecule has 378 valence electrons. The summed E-state index contributed by atoms with van der Waals surface area (Å²) in [5.74, 6) is -0.378. The van der Waals surface area contributed by atoms with Gasteiger partial charge in [-0.2, -0.15) is 0 Å². The molecule has 0 fully saturated rings. The maximum absolute atomic E-state index is 12.8. The first-order valence-corrected chi connectivity index (χ1v) is 28.9. The minimum absolute atomic E-state index is 0.0914. The Balaban J connectivity index is 4.20. The van der Waals surface area contributed by atoms with Crippen molar-refractivity contribution in [1.29, 1.82) is 0 Å². The molecule has 0 N–H and O–H groups in total. The van der Waals surface area contributed by atoms with E-state index in [4.69, 9.17) is 14.2 Å². The molecule has 0 radical (unpaired) electrons. The maximum Gasteiger partial charge on any atom is 0.306 e. The molecule has 0 amide bonds. The van der Waals surface area contributed by atoms with E-state index < -0.39 is 6.10 Å². The van der Waals surface area contributed by atoms with Crippen LogP contribution in [0.3, 0.4) is 0 Å². The molecule has 5 nitrogen and oxygen atoms in total. The van der Waals surface area contributed by atoms with Gasteiger partial charge in [-0.15, -0.1) is 0 Å². The van der Waals surface area contributed by atoms with Gasteiger partial charge in [-0.25, -0.2) is 0 Å². The summed E-state index contributed by atoms with van der Waals surface area (Å²) in [6.07, 6.45) is 66.2. The first-order valence-electron chi connectivity index (χ1n) is 28.9. The summed E-state index contributed by atoms with van der Waals surface area (Å²) >= 11 is 0. The van der Waals surface area contributed by atoms with Gasteiger partial charge in [0.2, 0.25) is 0 Å². The fourth-order valence-corrected chi connectivity index (χ4v) is 8.66. The van der Waals surface area contributed by atoms with E-state index >= 15 is 0 Å². The second kappa shape index (κ2) is 55.7. The zero-order valence-electron chi connectivity index (χ0n) is 43.6. The average Bonchev–Trinajstić information content (AvgIpc) is 3.30. The highest BCUT2D eigenvalue weighted by atomic mass is 16.6. The molecule has 0 bridgehead atoms. The number of ether oxygens (including phenoxy) is 3. The predicted molar refractivity (Wildman–Crippen MR) is 279 cm³/mol. The van der Waals surface area contributed by atoms with Gasteiger partial charge in [0.25, 0.3) is 0 Å². The van der Waals surface area contributed by atoms with Crippen LogP contribution in [0.4, 0.5) is 0 Å². The Hall–Kier alpha value is -1.62. The monoisotopic (exact) mass is 901 g/mol. The number of hydrogen-bond donors (Lipinski definition) is 0. The van der Waals surface area contributed by atoms with E-state index in [1.807, 2.05) is 0 Å². The van der Waals surface area contributed by atoms with Crippen molar-refractivity contribution in [2.45, 2.75) is 322 Å². The first-order chi connectivity index (χ1) is 31.6. The van der Waals surface area contributed by atoms with E-state index in [-0.39, 0.29) is 18.5 Å². The Morgan fingerprint density at radius 1 is 0.344 bits per heavy atom. The highest BCUT2D eigenvalue weighted by molar-refractivity contribution is 5.70. The molecule has 1 atom stereocenters. The van der Waals surface area contributed by atoms with Crippen molar-refractivity contribution in [2.24, 2.45) is 0 Å². The zero-order chi connectivity index (χ0) is 46.3. The van der Waals surface area contributed by atoms with Crippen molar-refractivity contribution < 1.29 is 23.8 Å². The van der Waals surface area contributed by atoms with Gasteiger partial charge in [0.15, 0.2) is 6.10 Å². The lowest BCUT2D eigenvalue weighted by Gasteiger charge is -2.18. The Kier molecular flexibility index (Phi) is 54.3. The van der Waals surface area contributed by atoms with E-state index in [9.17, 15) is 9.59 Å². The second-order valence-corrected chi connectivity index (χ2v) is 19.6. The highest BCUT2D eigenvalue weighted by Gasteiger charge is 2.17. The molecule has 0 rings (SSSR count). The summed E-state index contributed by atoms with van der Waals surface area (Å²) in [6, 6.07) is 0. The Morgan fingerprint density at radius 3 is 1.06 bits per heavy atom. The standard InChI is InChI=1S/C59H112O5/c1-4-7-10-13-16-19-22-25-28-29-30-31-33-34-37-40-43-46-49-52-58(60)63-56-57(55-62-54-51-48-45-42-39-36-27-24-21-18-15-12-9-6-3)64-59(61)53-50-47-44-41-38-35-32-26-23-20-17-14-11-8-5-2/h16,19,25,28,57H,4-15,17-18,20-24,26-27,29-56H2,1-3H3/b19-16-,28-25-. The molecule has 1 unspecified atom stereocenters. The van der Waals surface area contributed by atoms with E-state index in [0.717, 1.165) is 38.5 Å². The molecule has 0 aliphatic carbocycles. The average molecular weight is 902 g/mol. The van der Waals surface area contributed by atoms with Crippen LogP contribution in [-0.4, -0.2) is 37.9 Å². The summed E-state index contributed by atoms with van der Waals surface area (Å²) in [5.41, 5.74) is 0. The van der Waals surface area contributed by atoms with E-state index in [0.29, 0.717) is 26.1 Å². The predicted octanol–water partition coefficient (Wildman–Crippen LogP) is 19.6. The third-order valence-electron chi connectivity index (χ3n) is 13.0. The van der Waals surface area contributed by atoms with Crippen LogP contribution in [0.5, 0.6) is 0 Å². The van der Waals surface area contributed by atoms with Crippen LogP contribution < -0.4 is 0 Å². The third-order valence-corrected chi connectivity index (χ3v) is 13.0. The number of carbonyl (C=O) groups excluding carboxylic acids is 2. The quantitative estimate of drug-likeness (QED) is 0.0346. The molecule has 0 saturated carbocycles. The van der Waals surface area contributed by atoms with Crippen molar-refractivity contribution >= 4 is 11.9 Å². The lowest BCUT2D eigenvalue weighted by molar-refractivity contribution is -0.163. The molecule has 0 aliphatic rings. The van der Waals surface area contributed by atoms with Gasteiger partial charge in [0.05, 0.1) is 6.61 Å². The second-order valence-electron chi connectivity index (χ2n) is 19.6. The Bertz CT molecular complexity index is 974. The maximum atomic E-state index is 12.8. The van der Waals surface area contributed by atoms with Gasteiger partial charge in [-0.3, -0.25) is 9.59 Å². The largest absolute Gasteiger partial charge is 0.462 e. The fourth-order valence-electron chi connectivity index (χ4n) is 8.66. The van der Waals surface area contributed by atoms with Crippen LogP contribution in [-0.2, 0) is 23.8 Å². The van der Waals surface area contributed by atoms with Gasteiger partial charge < -0.3 is 14.2 Å². The number of rotatable bonds is 54. The van der Waals surface area contributed by atoms with Gasteiger partial charge >= 0.3 is 11.9 Å². The molecule has 0 aliphatic heterocycles. The van der Waals surface area contributed by atoms with Crippen LogP contribution in [0.1, 0.15) is 316 Å². The van der Waals surface area contributed by atoms with Gasteiger partial charge in [0, 0.05) is 19.4 Å². The first kappa shape index (κ1) is 62.4. The summed E-state index contributed by atoms with van der Waals surface area (Å²) in [7, 11) is 0. The lowest BCUT2D eigenvalue weighted by atomic mass is 10.0. The summed E-state index contributed by atoms with van der Waals surface area (Å²) in [5, 5.41) is 0. The SMILES string of the molecule is CCCCC/C=C\C/C=C\CCCCCCCCCCCC(=O)OCC(COCCCCCCCCCCCCCCCC)OC(=O)CCCCCCCCCCCCCCCCC. The van der Waals surface area contributed by atoms with Crippen molar-refractivity contribution in [2.75, 3.05) is 19.8 Å². The number of unbranched alkanes of at least 4 members (excludes halogenated alkanes) is 39. The highest BCUT2D eigenvalue weighted by Crippen LogP contribution is 2.17. The summed E-state index contributed by atoms with van der Waals surface area (Å²) in [6.45, 7) is 7.87. The van der Waals surface area contributed by atoms with Crippen LogP contribution in [0.2, 0.25) is 0 Å². The van der Waals surface area contributed by atoms with Gasteiger partial charge in [-0.05, 0) is 51.4 Å². The smallest absolute Gasteiger partial charge is 0.306 e. The molecule has 0 aromatic heterocycles. The number of allylic oxidation sites excluding steroid dienone is 4. The number of esters is 2. The summed E-state index contributed by atoms with van der Waals surface area (Å²) < 4.78 is 17.5. The normalized spacial score (nSPS) is 12.2. The van der Waals surface area contributed by atoms with Gasteiger partial charge in [-0.1, -0.05) is 276 Å². The zero-order valence-corrected chi connectivity index (χ0v) is 43.6. The molecule has 0 aromatic carbocycles. The molecule has 0 heterocycles.